The summed E-state index contributed by atoms with van der Waals surface area (Å²) in [6, 6.07) is 0.342. The van der Waals surface area contributed by atoms with Crippen LogP contribution in [0, 0.1) is 0 Å². The van der Waals surface area contributed by atoms with Gasteiger partial charge in [0.05, 0.1) is 0 Å². The van der Waals surface area contributed by atoms with Gasteiger partial charge in [-0.15, -0.1) is 24.0 Å². The minimum absolute atomic E-state index is 0. The maximum absolute atomic E-state index is 11.0. The minimum atomic E-state index is -0.0448. The molecule has 0 aromatic heterocycles. The van der Waals surface area contributed by atoms with Crippen LogP contribution in [0.4, 0.5) is 0 Å². The molecule has 0 saturated carbocycles. The molecule has 0 unspecified atom stereocenters. The lowest BCUT2D eigenvalue weighted by Gasteiger charge is -2.31. The average Bonchev–Trinajstić information content (AvgIpc) is 2.19. The van der Waals surface area contributed by atoms with Gasteiger partial charge in [0.1, 0.15) is 5.88 Å². The molecular formula is C9H18Cl2N2O. The second kappa shape index (κ2) is 7.32. The first-order valence-electron chi connectivity index (χ1n) is 4.84. The highest BCUT2D eigenvalue weighted by Gasteiger charge is 2.18. The number of carbonyl (C=O) groups excluding carboxylic acids is 1. The number of likely N-dealkylation sites (tertiary alicyclic amines) is 1. The van der Waals surface area contributed by atoms with Gasteiger partial charge in [-0.2, -0.15) is 0 Å². The van der Waals surface area contributed by atoms with E-state index in [1.165, 1.54) is 0 Å². The second-order valence-electron chi connectivity index (χ2n) is 3.41. The van der Waals surface area contributed by atoms with Crippen LogP contribution in [0.15, 0.2) is 0 Å². The number of alkyl halides is 1. The Morgan fingerprint density at radius 3 is 2.50 bits per heavy atom. The summed E-state index contributed by atoms with van der Waals surface area (Å²) in [6.07, 6.45) is 2.10. The van der Waals surface area contributed by atoms with Gasteiger partial charge in [0.25, 0.3) is 0 Å². The molecule has 1 saturated heterocycles. The van der Waals surface area contributed by atoms with Gasteiger partial charge in [0.2, 0.25) is 5.91 Å². The molecule has 1 N–H and O–H groups in total. The molecule has 0 radical (unpaired) electrons. The number of nitrogens with one attached hydrogen (secondary N) is 1. The highest BCUT2D eigenvalue weighted by Crippen LogP contribution is 2.09. The molecule has 1 aliphatic rings. The molecule has 1 aliphatic heterocycles. The molecule has 1 amide bonds. The lowest BCUT2D eigenvalue weighted by molar-refractivity contribution is -0.119. The van der Waals surface area contributed by atoms with Gasteiger partial charge in [-0.25, -0.2) is 0 Å². The molecule has 1 rings (SSSR count). The average molecular weight is 241 g/mol. The van der Waals surface area contributed by atoms with Crippen molar-refractivity contribution >= 4 is 29.9 Å². The number of hydrogen-bond donors (Lipinski definition) is 1. The molecule has 1 fully saturated rings. The van der Waals surface area contributed by atoms with Crippen molar-refractivity contribution in [1.82, 2.24) is 10.2 Å². The Morgan fingerprint density at radius 1 is 1.50 bits per heavy atom. The summed E-state index contributed by atoms with van der Waals surface area (Å²) in [5.74, 6) is 0.0326. The predicted octanol–water partition coefficient (Wildman–Crippen LogP) is 1.25. The molecule has 5 heteroatoms. The van der Waals surface area contributed by atoms with Crippen molar-refractivity contribution in [2.45, 2.75) is 25.8 Å². The number of amides is 1. The van der Waals surface area contributed by atoms with E-state index in [2.05, 4.69) is 17.1 Å². The Morgan fingerprint density at radius 2 is 2.07 bits per heavy atom. The Labute approximate surface area is 96.6 Å². The van der Waals surface area contributed by atoms with Crippen molar-refractivity contribution < 1.29 is 4.79 Å². The largest absolute Gasteiger partial charge is 0.352 e. The summed E-state index contributed by atoms with van der Waals surface area (Å²) in [5.41, 5.74) is 0. The van der Waals surface area contributed by atoms with Gasteiger partial charge in [0.15, 0.2) is 0 Å². The molecular weight excluding hydrogens is 223 g/mol. The number of halogens is 2. The summed E-state index contributed by atoms with van der Waals surface area (Å²) in [6.45, 7) is 5.45. The van der Waals surface area contributed by atoms with E-state index >= 15 is 0 Å². The number of piperidine rings is 1. The van der Waals surface area contributed by atoms with E-state index in [1.807, 2.05) is 0 Å². The van der Waals surface area contributed by atoms with Gasteiger partial charge >= 0.3 is 0 Å². The van der Waals surface area contributed by atoms with Gasteiger partial charge in [-0.1, -0.05) is 6.92 Å². The van der Waals surface area contributed by atoms with Gasteiger partial charge in [-0.05, 0) is 19.4 Å². The topological polar surface area (TPSA) is 32.3 Å². The Hall–Kier alpha value is 0.01000. The Bertz CT molecular complexity index is 170. The standard InChI is InChI=1S/C9H17ClN2O.ClH/c1-2-12-5-3-8(4-6-12)11-9(13)7-10;/h8H,2-7H2,1H3,(H,11,13);1H. The van der Waals surface area contributed by atoms with E-state index < -0.39 is 0 Å². The third-order valence-corrected chi connectivity index (χ3v) is 2.76. The zero-order valence-electron chi connectivity index (χ0n) is 8.46. The monoisotopic (exact) mass is 240 g/mol. The zero-order valence-corrected chi connectivity index (χ0v) is 10.0. The number of hydrogen-bond acceptors (Lipinski definition) is 2. The quantitative estimate of drug-likeness (QED) is 0.754. The van der Waals surface area contributed by atoms with Gasteiger partial charge < -0.3 is 10.2 Å². The summed E-state index contributed by atoms with van der Waals surface area (Å²) in [4.78, 5) is 13.4. The predicted molar refractivity (Wildman–Crippen MR) is 61.2 cm³/mol. The van der Waals surface area contributed by atoms with E-state index in [0.29, 0.717) is 6.04 Å². The number of rotatable bonds is 3. The van der Waals surface area contributed by atoms with Crippen molar-refractivity contribution in [3.8, 4) is 0 Å². The van der Waals surface area contributed by atoms with Crippen LogP contribution in [0.25, 0.3) is 0 Å². The third kappa shape index (κ3) is 4.49. The van der Waals surface area contributed by atoms with Crippen molar-refractivity contribution in [2.75, 3.05) is 25.5 Å². The van der Waals surface area contributed by atoms with Crippen molar-refractivity contribution in [3.63, 3.8) is 0 Å². The molecule has 0 aliphatic carbocycles. The summed E-state index contributed by atoms with van der Waals surface area (Å²) < 4.78 is 0. The normalized spacial score (nSPS) is 18.7. The van der Waals surface area contributed by atoms with Crippen molar-refractivity contribution in [3.05, 3.63) is 0 Å². The highest BCUT2D eigenvalue weighted by molar-refractivity contribution is 6.27. The number of nitrogens with zero attached hydrogens (tertiary/aromatic N) is 1. The van der Waals surface area contributed by atoms with Crippen LogP contribution in [-0.4, -0.2) is 42.4 Å². The molecule has 3 nitrogen and oxygen atoms in total. The minimum Gasteiger partial charge on any atom is -0.352 e. The van der Waals surface area contributed by atoms with Gasteiger partial charge in [0, 0.05) is 19.1 Å². The SMILES string of the molecule is CCN1CCC(NC(=O)CCl)CC1.Cl. The second-order valence-corrected chi connectivity index (χ2v) is 3.68. The van der Waals surface area contributed by atoms with E-state index in [4.69, 9.17) is 11.6 Å². The lowest BCUT2D eigenvalue weighted by Crippen LogP contribution is -2.44. The molecule has 0 aromatic carbocycles. The smallest absolute Gasteiger partial charge is 0.235 e. The van der Waals surface area contributed by atoms with E-state index in [-0.39, 0.29) is 24.2 Å². The first kappa shape index (κ1) is 14.0. The first-order chi connectivity index (χ1) is 6.26. The Balaban J connectivity index is 0.00000169. The fourth-order valence-electron chi connectivity index (χ4n) is 1.66. The maximum atomic E-state index is 11.0. The fourth-order valence-corrected chi connectivity index (χ4v) is 1.74. The molecule has 14 heavy (non-hydrogen) atoms. The molecule has 84 valence electrons. The van der Waals surface area contributed by atoms with Crippen LogP contribution in [-0.2, 0) is 4.79 Å². The van der Waals surface area contributed by atoms with Crippen LogP contribution in [0.5, 0.6) is 0 Å². The maximum Gasteiger partial charge on any atom is 0.235 e. The van der Waals surface area contributed by atoms with Crippen LogP contribution in [0.1, 0.15) is 19.8 Å². The van der Waals surface area contributed by atoms with E-state index in [1.54, 1.807) is 0 Å². The summed E-state index contributed by atoms with van der Waals surface area (Å²) in [7, 11) is 0. The summed E-state index contributed by atoms with van der Waals surface area (Å²) in [5, 5.41) is 2.92. The lowest BCUT2D eigenvalue weighted by atomic mass is 10.1. The van der Waals surface area contributed by atoms with Crippen LogP contribution in [0.2, 0.25) is 0 Å². The van der Waals surface area contributed by atoms with Crippen LogP contribution < -0.4 is 5.32 Å². The molecule has 0 spiro atoms. The Kier molecular flexibility index (Phi) is 7.33. The highest BCUT2D eigenvalue weighted by atomic mass is 35.5. The zero-order chi connectivity index (χ0) is 9.68. The first-order valence-corrected chi connectivity index (χ1v) is 5.37. The molecule has 0 atom stereocenters. The van der Waals surface area contributed by atoms with E-state index in [9.17, 15) is 4.79 Å². The molecule has 1 heterocycles. The third-order valence-electron chi connectivity index (χ3n) is 2.52. The van der Waals surface area contributed by atoms with Crippen LogP contribution in [0.3, 0.4) is 0 Å². The molecule has 0 bridgehead atoms. The van der Waals surface area contributed by atoms with Crippen molar-refractivity contribution in [2.24, 2.45) is 0 Å². The van der Waals surface area contributed by atoms with Crippen molar-refractivity contribution in [1.29, 1.82) is 0 Å². The fraction of sp³-hybridized carbons (Fsp3) is 0.889. The van der Waals surface area contributed by atoms with E-state index in [0.717, 1.165) is 32.5 Å². The van der Waals surface area contributed by atoms with Crippen LogP contribution >= 0.6 is 24.0 Å². The molecule has 0 aromatic rings. The van der Waals surface area contributed by atoms with Gasteiger partial charge in [-0.3, -0.25) is 4.79 Å². The number of carbonyl (C=O) groups is 1. The summed E-state index contributed by atoms with van der Waals surface area (Å²) >= 11 is 5.40.